The van der Waals surface area contributed by atoms with E-state index in [0.717, 1.165) is 27.0 Å². The Balaban J connectivity index is 1.90. The molecule has 5 heteroatoms. The molecule has 1 aromatic rings. The highest BCUT2D eigenvalue weighted by Crippen LogP contribution is 2.47. The summed E-state index contributed by atoms with van der Waals surface area (Å²) in [4.78, 5) is 15.0. The van der Waals surface area contributed by atoms with Gasteiger partial charge in [0.1, 0.15) is 15.7 Å². The van der Waals surface area contributed by atoms with E-state index in [4.69, 9.17) is 0 Å². The van der Waals surface area contributed by atoms with Crippen molar-refractivity contribution in [1.29, 1.82) is 0 Å². The second-order valence-corrected chi connectivity index (χ2v) is 6.37. The van der Waals surface area contributed by atoms with E-state index >= 15 is 0 Å². The molecule has 3 atom stereocenters. The van der Waals surface area contributed by atoms with Gasteiger partial charge in [0.25, 0.3) is 0 Å². The first-order valence-electron chi connectivity index (χ1n) is 6.40. The zero-order valence-corrected chi connectivity index (χ0v) is 12.7. The van der Waals surface area contributed by atoms with Gasteiger partial charge in [0.15, 0.2) is 5.82 Å². The smallest absolute Gasteiger partial charge is 0.159 e. The van der Waals surface area contributed by atoms with Crippen LogP contribution in [0, 0.1) is 15.5 Å². The fourth-order valence-corrected chi connectivity index (χ4v) is 4.12. The molecule has 1 aromatic heterocycles. The largest absolute Gasteiger partial charge is 0.354 e. The van der Waals surface area contributed by atoms with Crippen LogP contribution in [-0.2, 0) is 0 Å². The van der Waals surface area contributed by atoms with Gasteiger partial charge in [-0.25, -0.2) is 9.97 Å². The fourth-order valence-electron chi connectivity index (χ4n) is 3.59. The first kappa shape index (κ1) is 12.3. The molecule has 2 saturated carbocycles. The van der Waals surface area contributed by atoms with Crippen molar-refractivity contribution in [3.8, 4) is 0 Å². The monoisotopic (exact) mass is 356 g/mol. The SMILES string of the molecule is C=Nc1c(I)ncnc1N(C)C1CC2CCC1C2. The summed E-state index contributed by atoms with van der Waals surface area (Å²) in [5.41, 5.74) is 0.823. The Morgan fingerprint density at radius 1 is 1.39 bits per heavy atom. The topological polar surface area (TPSA) is 41.4 Å². The molecule has 18 heavy (non-hydrogen) atoms. The number of fused-ring (bicyclic) bond motifs is 2. The van der Waals surface area contributed by atoms with Crippen LogP contribution in [0.3, 0.4) is 0 Å². The molecular formula is C13H17IN4. The fraction of sp³-hybridized carbons (Fsp3) is 0.615. The first-order chi connectivity index (χ1) is 8.70. The molecule has 1 heterocycles. The molecule has 4 nitrogen and oxygen atoms in total. The predicted molar refractivity (Wildman–Crippen MR) is 81.6 cm³/mol. The molecule has 2 aliphatic rings. The molecule has 0 radical (unpaired) electrons. The Hall–Kier alpha value is -0.720. The Morgan fingerprint density at radius 3 is 2.83 bits per heavy atom. The standard InChI is InChI=1S/C13H17IN4/c1-15-11-12(14)16-7-17-13(11)18(2)10-6-8-3-4-9(10)5-8/h7-10H,1,3-6H2,2H3. The van der Waals surface area contributed by atoms with E-state index in [1.165, 1.54) is 25.7 Å². The number of hydrogen-bond acceptors (Lipinski definition) is 4. The van der Waals surface area contributed by atoms with Crippen molar-refractivity contribution in [2.45, 2.75) is 31.7 Å². The molecule has 0 saturated heterocycles. The average Bonchev–Trinajstić information content (AvgIpc) is 2.99. The van der Waals surface area contributed by atoms with Gasteiger partial charge in [-0.05, 0) is 60.4 Å². The van der Waals surface area contributed by atoms with Gasteiger partial charge in [0.05, 0.1) is 0 Å². The summed E-state index contributed by atoms with van der Waals surface area (Å²) in [6, 6.07) is 0.620. The molecule has 2 aliphatic carbocycles. The van der Waals surface area contributed by atoms with Crippen LogP contribution in [0.15, 0.2) is 11.3 Å². The predicted octanol–water partition coefficient (Wildman–Crippen LogP) is 3.04. The first-order valence-corrected chi connectivity index (χ1v) is 7.48. The lowest BCUT2D eigenvalue weighted by atomic mass is 9.94. The van der Waals surface area contributed by atoms with Gasteiger partial charge >= 0.3 is 0 Å². The highest BCUT2D eigenvalue weighted by molar-refractivity contribution is 14.1. The molecular weight excluding hydrogens is 339 g/mol. The molecule has 96 valence electrons. The second-order valence-electron chi connectivity index (χ2n) is 5.35. The average molecular weight is 356 g/mol. The zero-order valence-electron chi connectivity index (χ0n) is 10.5. The van der Waals surface area contributed by atoms with E-state index < -0.39 is 0 Å². The van der Waals surface area contributed by atoms with Crippen LogP contribution in [-0.4, -0.2) is 29.8 Å². The normalized spacial score (nSPS) is 29.6. The second kappa shape index (κ2) is 4.75. The van der Waals surface area contributed by atoms with Gasteiger partial charge in [0, 0.05) is 13.1 Å². The summed E-state index contributed by atoms with van der Waals surface area (Å²) in [5, 5.41) is 0. The van der Waals surface area contributed by atoms with Gasteiger partial charge in [0.2, 0.25) is 0 Å². The number of hydrogen-bond donors (Lipinski definition) is 0. The third-order valence-corrected chi connectivity index (χ3v) is 5.24. The summed E-state index contributed by atoms with van der Waals surface area (Å²) < 4.78 is 0.877. The van der Waals surface area contributed by atoms with Crippen LogP contribution in [0.1, 0.15) is 25.7 Å². The molecule has 3 unspecified atom stereocenters. The number of halogens is 1. The van der Waals surface area contributed by atoms with Gasteiger partial charge in [-0.15, -0.1) is 0 Å². The van der Waals surface area contributed by atoms with Crippen molar-refractivity contribution in [3.63, 3.8) is 0 Å². The summed E-state index contributed by atoms with van der Waals surface area (Å²) in [7, 11) is 2.14. The highest BCUT2D eigenvalue weighted by atomic mass is 127. The molecule has 0 aliphatic heterocycles. The molecule has 0 N–H and O–H groups in total. The number of nitrogens with zero attached hydrogens (tertiary/aromatic N) is 4. The van der Waals surface area contributed by atoms with Crippen LogP contribution in [0.2, 0.25) is 0 Å². The van der Waals surface area contributed by atoms with Crippen LogP contribution in [0.25, 0.3) is 0 Å². The molecule has 0 aromatic carbocycles. The molecule has 2 fully saturated rings. The Labute approximate surface area is 121 Å². The van der Waals surface area contributed by atoms with E-state index in [2.05, 4.69) is 56.2 Å². The number of aromatic nitrogens is 2. The minimum atomic E-state index is 0.620. The highest BCUT2D eigenvalue weighted by Gasteiger charge is 2.42. The maximum atomic E-state index is 4.41. The van der Waals surface area contributed by atoms with Crippen molar-refractivity contribution < 1.29 is 0 Å². The Kier molecular flexibility index (Phi) is 3.25. The summed E-state index contributed by atoms with van der Waals surface area (Å²) >= 11 is 2.19. The van der Waals surface area contributed by atoms with Gasteiger partial charge in [-0.1, -0.05) is 6.42 Å². The number of rotatable bonds is 3. The van der Waals surface area contributed by atoms with Gasteiger partial charge in [-0.2, -0.15) is 0 Å². The lowest BCUT2D eigenvalue weighted by Gasteiger charge is -2.32. The summed E-state index contributed by atoms with van der Waals surface area (Å²) in [5.74, 6) is 2.70. The molecule has 0 spiro atoms. The van der Waals surface area contributed by atoms with Crippen molar-refractivity contribution in [2.24, 2.45) is 16.8 Å². The quantitative estimate of drug-likeness (QED) is 0.475. The summed E-state index contributed by atoms with van der Waals surface area (Å²) in [6.45, 7) is 3.65. The molecule has 3 rings (SSSR count). The van der Waals surface area contributed by atoms with E-state index in [9.17, 15) is 0 Å². The van der Waals surface area contributed by atoms with Crippen LogP contribution < -0.4 is 4.90 Å². The van der Waals surface area contributed by atoms with Crippen LogP contribution >= 0.6 is 22.6 Å². The van der Waals surface area contributed by atoms with E-state index in [0.29, 0.717) is 6.04 Å². The third-order valence-electron chi connectivity index (χ3n) is 4.45. The molecule has 2 bridgehead atoms. The zero-order chi connectivity index (χ0) is 12.7. The van der Waals surface area contributed by atoms with Crippen LogP contribution in [0.4, 0.5) is 11.5 Å². The number of anilines is 1. The maximum Gasteiger partial charge on any atom is 0.159 e. The molecule has 0 amide bonds. The van der Waals surface area contributed by atoms with Crippen LogP contribution in [0.5, 0.6) is 0 Å². The minimum Gasteiger partial charge on any atom is -0.354 e. The number of aliphatic imine (C=N–C) groups is 1. The van der Waals surface area contributed by atoms with Crippen molar-refractivity contribution >= 4 is 40.8 Å². The van der Waals surface area contributed by atoms with Gasteiger partial charge < -0.3 is 4.90 Å². The minimum absolute atomic E-state index is 0.620. The van der Waals surface area contributed by atoms with E-state index in [1.54, 1.807) is 6.33 Å². The maximum absolute atomic E-state index is 4.41. The van der Waals surface area contributed by atoms with E-state index in [-0.39, 0.29) is 0 Å². The Morgan fingerprint density at radius 2 is 2.22 bits per heavy atom. The van der Waals surface area contributed by atoms with Gasteiger partial charge in [-0.3, -0.25) is 4.99 Å². The third kappa shape index (κ3) is 1.92. The van der Waals surface area contributed by atoms with Crippen molar-refractivity contribution in [1.82, 2.24) is 9.97 Å². The Bertz CT molecular complexity index is 476. The van der Waals surface area contributed by atoms with E-state index in [1.807, 2.05) is 0 Å². The van der Waals surface area contributed by atoms with Crippen molar-refractivity contribution in [3.05, 3.63) is 10.0 Å². The van der Waals surface area contributed by atoms with Crippen molar-refractivity contribution in [2.75, 3.05) is 11.9 Å². The lowest BCUT2D eigenvalue weighted by molar-refractivity contribution is 0.403. The lowest BCUT2D eigenvalue weighted by Crippen LogP contribution is -2.36. The summed E-state index contributed by atoms with van der Waals surface area (Å²) in [6.07, 6.45) is 7.11.